The Morgan fingerprint density at radius 2 is 1.80 bits per heavy atom. The second kappa shape index (κ2) is 9.84. The summed E-state index contributed by atoms with van der Waals surface area (Å²) in [6.07, 6.45) is 6.13. The van der Waals surface area contributed by atoms with E-state index in [0.29, 0.717) is 23.8 Å². The molecule has 8 heteroatoms. The number of likely N-dealkylation sites (tertiary alicyclic amines) is 1. The van der Waals surface area contributed by atoms with Crippen LogP contribution in [-0.2, 0) is 19.1 Å². The van der Waals surface area contributed by atoms with E-state index in [1.165, 1.54) is 52.4 Å². The fraction of sp³-hybridized carbons (Fsp3) is 0.545. The molecule has 0 amide bonds. The fourth-order valence-electron chi connectivity index (χ4n) is 3.46. The predicted octanol–water partition coefficient (Wildman–Crippen LogP) is 3.08. The molecule has 2 saturated heterocycles. The van der Waals surface area contributed by atoms with Crippen LogP contribution in [0.2, 0.25) is 0 Å². The molecule has 0 spiro atoms. The van der Waals surface area contributed by atoms with Crippen molar-refractivity contribution in [1.29, 1.82) is 0 Å². The third-order valence-corrected chi connectivity index (χ3v) is 4.99. The Bertz CT molecular complexity index is 777. The largest absolute Gasteiger partial charge is 0.493 e. The first-order chi connectivity index (χ1) is 14.4. The van der Waals surface area contributed by atoms with Gasteiger partial charge in [-0.05, 0) is 44.5 Å². The molecule has 2 fully saturated rings. The lowest BCUT2D eigenvalue weighted by atomic mass is 10.1. The molecular weight excluding hydrogens is 388 g/mol. The van der Waals surface area contributed by atoms with Crippen molar-refractivity contribution < 1.29 is 28.5 Å². The Kier molecular flexibility index (Phi) is 7.20. The summed E-state index contributed by atoms with van der Waals surface area (Å²) in [5.74, 6) is -1.52. The Labute approximate surface area is 177 Å². The fourth-order valence-corrected chi connectivity index (χ4v) is 3.46. The predicted molar refractivity (Wildman–Crippen MR) is 111 cm³/mol. The minimum atomic E-state index is -1.26. The van der Waals surface area contributed by atoms with E-state index < -0.39 is 17.7 Å². The maximum Gasteiger partial charge on any atom is 0.350 e. The summed E-state index contributed by atoms with van der Waals surface area (Å²) in [7, 11) is 1.57. The van der Waals surface area contributed by atoms with Gasteiger partial charge in [0.1, 0.15) is 0 Å². The molecule has 3 rings (SSSR count). The minimum absolute atomic E-state index is 0.202. The number of ether oxygens (including phenoxy) is 4. The number of carbonyl (C=O) groups is 2. The Morgan fingerprint density at radius 3 is 2.47 bits per heavy atom. The van der Waals surface area contributed by atoms with Gasteiger partial charge in [-0.2, -0.15) is 0 Å². The smallest absolute Gasteiger partial charge is 0.350 e. The van der Waals surface area contributed by atoms with Gasteiger partial charge in [-0.25, -0.2) is 9.59 Å². The van der Waals surface area contributed by atoms with E-state index in [4.69, 9.17) is 18.9 Å². The van der Waals surface area contributed by atoms with Gasteiger partial charge in [0.05, 0.1) is 13.7 Å². The van der Waals surface area contributed by atoms with Crippen molar-refractivity contribution in [2.75, 3.05) is 38.7 Å². The summed E-state index contributed by atoms with van der Waals surface area (Å²) in [5.41, 5.74) is 0.428. The summed E-state index contributed by atoms with van der Waals surface area (Å²) in [4.78, 5) is 26.5. The summed E-state index contributed by atoms with van der Waals surface area (Å²) < 4.78 is 21.4. The first-order valence-corrected chi connectivity index (χ1v) is 10.3. The standard InChI is InChI=1S/C22H30N2O6/c1-22(2)29-20(25)17(21(26)30-22)15-23-16-8-9-18(19(14-16)27-3)28-13-7-12-24-10-5-4-6-11-24/h8-9,14-15,23H,4-7,10-13H2,1-3H3. The van der Waals surface area contributed by atoms with E-state index in [2.05, 4.69) is 10.2 Å². The molecule has 0 aliphatic carbocycles. The Balaban J connectivity index is 1.54. The highest BCUT2D eigenvalue weighted by atomic mass is 16.7. The van der Waals surface area contributed by atoms with Crippen LogP contribution >= 0.6 is 0 Å². The zero-order chi connectivity index (χ0) is 21.6. The Hall–Kier alpha value is -2.74. The third-order valence-electron chi connectivity index (χ3n) is 4.99. The number of cyclic esters (lactones) is 2. The molecule has 0 saturated carbocycles. The number of anilines is 1. The summed E-state index contributed by atoms with van der Waals surface area (Å²) in [6, 6.07) is 5.31. The maximum atomic E-state index is 12.0. The average molecular weight is 418 g/mol. The summed E-state index contributed by atoms with van der Waals surface area (Å²) >= 11 is 0. The van der Waals surface area contributed by atoms with Gasteiger partial charge in [0.15, 0.2) is 17.1 Å². The molecule has 164 valence electrons. The number of carbonyl (C=O) groups excluding carboxylic acids is 2. The van der Waals surface area contributed by atoms with Crippen molar-refractivity contribution in [3.63, 3.8) is 0 Å². The van der Waals surface area contributed by atoms with Crippen LogP contribution in [0.1, 0.15) is 39.5 Å². The van der Waals surface area contributed by atoms with Crippen LogP contribution in [0, 0.1) is 0 Å². The third kappa shape index (κ3) is 5.89. The van der Waals surface area contributed by atoms with E-state index >= 15 is 0 Å². The Morgan fingerprint density at radius 1 is 1.10 bits per heavy atom. The van der Waals surface area contributed by atoms with Gasteiger partial charge in [0.25, 0.3) is 5.79 Å². The molecule has 1 aromatic carbocycles. The number of rotatable bonds is 8. The van der Waals surface area contributed by atoms with Gasteiger partial charge in [-0.15, -0.1) is 0 Å². The van der Waals surface area contributed by atoms with Crippen molar-refractivity contribution >= 4 is 17.6 Å². The van der Waals surface area contributed by atoms with Crippen LogP contribution in [0.5, 0.6) is 11.5 Å². The first kappa shape index (κ1) is 22.0. The topological polar surface area (TPSA) is 86.3 Å². The van der Waals surface area contributed by atoms with Gasteiger partial charge < -0.3 is 29.2 Å². The van der Waals surface area contributed by atoms with Crippen molar-refractivity contribution in [2.45, 2.75) is 45.3 Å². The molecule has 2 aliphatic rings. The number of esters is 2. The zero-order valence-electron chi connectivity index (χ0n) is 17.9. The van der Waals surface area contributed by atoms with E-state index in [9.17, 15) is 9.59 Å². The minimum Gasteiger partial charge on any atom is -0.493 e. The summed E-state index contributed by atoms with van der Waals surface area (Å²) in [5, 5.41) is 2.91. The van der Waals surface area contributed by atoms with Crippen molar-refractivity contribution in [3.05, 3.63) is 30.0 Å². The van der Waals surface area contributed by atoms with Gasteiger partial charge in [0.2, 0.25) is 0 Å². The number of nitrogens with zero attached hydrogens (tertiary/aromatic N) is 1. The van der Waals surface area contributed by atoms with Gasteiger partial charge in [-0.3, -0.25) is 0 Å². The number of piperidine rings is 1. The molecular formula is C22H30N2O6. The van der Waals surface area contributed by atoms with Crippen LogP contribution in [0.3, 0.4) is 0 Å². The molecule has 8 nitrogen and oxygen atoms in total. The second-order valence-electron chi connectivity index (χ2n) is 7.85. The molecule has 0 radical (unpaired) electrons. The van der Waals surface area contributed by atoms with Crippen LogP contribution in [0.4, 0.5) is 5.69 Å². The maximum absolute atomic E-state index is 12.0. The van der Waals surface area contributed by atoms with Gasteiger partial charge in [0, 0.05) is 38.3 Å². The van der Waals surface area contributed by atoms with Crippen molar-refractivity contribution in [2.24, 2.45) is 0 Å². The van der Waals surface area contributed by atoms with E-state index in [1.54, 1.807) is 25.3 Å². The molecule has 0 aromatic heterocycles. The van der Waals surface area contributed by atoms with Crippen LogP contribution in [0.25, 0.3) is 0 Å². The van der Waals surface area contributed by atoms with E-state index in [-0.39, 0.29) is 5.57 Å². The van der Waals surface area contributed by atoms with Crippen molar-refractivity contribution in [1.82, 2.24) is 4.90 Å². The molecule has 0 unspecified atom stereocenters. The summed E-state index contributed by atoms with van der Waals surface area (Å²) in [6.45, 7) is 7.01. The number of hydrogen-bond donors (Lipinski definition) is 1. The monoisotopic (exact) mass is 418 g/mol. The van der Waals surface area contributed by atoms with Gasteiger partial charge >= 0.3 is 11.9 Å². The highest BCUT2D eigenvalue weighted by molar-refractivity contribution is 6.15. The molecule has 2 aliphatic heterocycles. The lowest BCUT2D eigenvalue weighted by molar-refractivity contribution is -0.222. The molecule has 0 bridgehead atoms. The highest BCUT2D eigenvalue weighted by Gasteiger charge is 2.38. The number of nitrogens with one attached hydrogen (secondary N) is 1. The van der Waals surface area contributed by atoms with Crippen LogP contribution in [-0.4, -0.2) is 56.0 Å². The first-order valence-electron chi connectivity index (χ1n) is 10.3. The molecule has 2 heterocycles. The molecule has 1 N–H and O–H groups in total. The van der Waals surface area contributed by atoms with Crippen molar-refractivity contribution in [3.8, 4) is 11.5 Å². The van der Waals surface area contributed by atoms with Crippen LogP contribution in [0.15, 0.2) is 30.0 Å². The van der Waals surface area contributed by atoms with E-state index in [1.807, 2.05) is 0 Å². The second-order valence-corrected chi connectivity index (χ2v) is 7.85. The molecule has 30 heavy (non-hydrogen) atoms. The van der Waals surface area contributed by atoms with Crippen LogP contribution < -0.4 is 14.8 Å². The number of benzene rings is 1. The average Bonchev–Trinajstić information content (AvgIpc) is 2.71. The number of hydrogen-bond acceptors (Lipinski definition) is 8. The normalized spacial score (nSPS) is 19.0. The van der Waals surface area contributed by atoms with E-state index in [0.717, 1.165) is 13.0 Å². The lowest BCUT2D eigenvalue weighted by Crippen LogP contribution is -2.42. The molecule has 0 atom stereocenters. The molecule has 1 aromatic rings. The SMILES string of the molecule is COc1cc(NC=C2C(=O)OC(C)(C)OC2=O)ccc1OCCCN1CCCCC1. The zero-order valence-corrected chi connectivity index (χ0v) is 17.9. The highest BCUT2D eigenvalue weighted by Crippen LogP contribution is 2.31. The number of methoxy groups -OCH3 is 1. The lowest BCUT2D eigenvalue weighted by Gasteiger charge is -2.29. The quantitative estimate of drug-likeness (QED) is 0.298. The van der Waals surface area contributed by atoms with Gasteiger partial charge in [-0.1, -0.05) is 6.42 Å².